The zero-order chi connectivity index (χ0) is 6.91. The van der Waals surface area contributed by atoms with Crippen molar-refractivity contribution in [1.29, 1.82) is 0 Å². The first-order valence-corrected chi connectivity index (χ1v) is 5.21. The van der Waals surface area contributed by atoms with Crippen molar-refractivity contribution < 1.29 is 0 Å². The Balaban J connectivity index is 2.49. The first-order valence-electron chi connectivity index (χ1n) is 3.17. The maximum atomic E-state index is 5.96. The van der Waals surface area contributed by atoms with Gasteiger partial charge in [-0.3, -0.25) is 0 Å². The fourth-order valence-electron chi connectivity index (χ4n) is 0.769. The Bertz CT molecular complexity index is 103. The number of nitrogens with two attached hydrogens (primary N) is 1. The molecule has 0 amide bonds. The molecule has 0 bridgehead atoms. The lowest BCUT2D eigenvalue weighted by atomic mass is 10.3. The van der Waals surface area contributed by atoms with Crippen LogP contribution in [0.2, 0.25) is 0 Å². The molecule has 1 heterocycles. The molecule has 0 radical (unpaired) electrons. The average molecular weight is 163 g/mol. The summed E-state index contributed by atoms with van der Waals surface area (Å²) in [7, 11) is 0. The Kier molecular flexibility index (Phi) is 2.35. The fourth-order valence-corrected chi connectivity index (χ4v) is 3.25. The van der Waals surface area contributed by atoms with Crippen LogP contribution in [-0.2, 0) is 0 Å². The SMILES string of the molecule is C[C@@H]1SCCS[C@]1(C)N. The van der Waals surface area contributed by atoms with Gasteiger partial charge in [-0.2, -0.15) is 11.8 Å². The molecule has 2 N–H and O–H groups in total. The molecule has 1 aliphatic heterocycles. The minimum absolute atomic E-state index is 0.0168. The van der Waals surface area contributed by atoms with E-state index in [4.69, 9.17) is 5.73 Å². The number of rotatable bonds is 0. The Morgan fingerprint density at radius 2 is 2.22 bits per heavy atom. The van der Waals surface area contributed by atoms with E-state index >= 15 is 0 Å². The second kappa shape index (κ2) is 2.72. The summed E-state index contributed by atoms with van der Waals surface area (Å²) in [5, 5.41) is 0.608. The highest BCUT2D eigenvalue weighted by Crippen LogP contribution is 2.36. The van der Waals surface area contributed by atoms with E-state index in [2.05, 4.69) is 13.8 Å². The molecule has 1 rings (SSSR count). The predicted octanol–water partition coefficient (Wildman–Crippen LogP) is 1.53. The highest BCUT2D eigenvalue weighted by atomic mass is 32.2. The van der Waals surface area contributed by atoms with Gasteiger partial charge in [0, 0.05) is 16.8 Å². The van der Waals surface area contributed by atoms with Crippen molar-refractivity contribution in [2.24, 2.45) is 5.73 Å². The van der Waals surface area contributed by atoms with Crippen LogP contribution in [-0.4, -0.2) is 21.6 Å². The van der Waals surface area contributed by atoms with E-state index in [1.807, 2.05) is 23.5 Å². The average Bonchev–Trinajstić information content (AvgIpc) is 1.77. The number of hydrogen-bond donors (Lipinski definition) is 1. The molecule has 1 saturated heterocycles. The van der Waals surface area contributed by atoms with Gasteiger partial charge in [0.2, 0.25) is 0 Å². The first-order chi connectivity index (χ1) is 4.13. The topological polar surface area (TPSA) is 26.0 Å². The van der Waals surface area contributed by atoms with E-state index in [0.29, 0.717) is 5.25 Å². The lowest BCUT2D eigenvalue weighted by Gasteiger charge is -2.34. The van der Waals surface area contributed by atoms with Gasteiger partial charge in [0.25, 0.3) is 0 Å². The highest BCUT2D eigenvalue weighted by Gasteiger charge is 2.30. The molecule has 0 unspecified atom stereocenters. The molecule has 2 atom stereocenters. The van der Waals surface area contributed by atoms with E-state index in [9.17, 15) is 0 Å². The van der Waals surface area contributed by atoms with Crippen LogP contribution in [0.15, 0.2) is 0 Å². The maximum Gasteiger partial charge on any atom is 0.0709 e. The highest BCUT2D eigenvalue weighted by molar-refractivity contribution is 8.07. The van der Waals surface area contributed by atoms with E-state index < -0.39 is 0 Å². The quantitative estimate of drug-likeness (QED) is 0.586. The van der Waals surface area contributed by atoms with Crippen LogP contribution in [0.25, 0.3) is 0 Å². The van der Waals surface area contributed by atoms with Gasteiger partial charge in [-0.15, -0.1) is 11.8 Å². The molecule has 1 nitrogen and oxygen atoms in total. The Labute approximate surface area is 65.1 Å². The predicted molar refractivity (Wildman–Crippen MR) is 47.0 cm³/mol. The van der Waals surface area contributed by atoms with Crippen LogP contribution in [0, 0.1) is 0 Å². The van der Waals surface area contributed by atoms with Gasteiger partial charge in [0.05, 0.1) is 4.87 Å². The molecule has 0 saturated carbocycles. The van der Waals surface area contributed by atoms with Crippen molar-refractivity contribution in [1.82, 2.24) is 0 Å². The lowest BCUT2D eigenvalue weighted by molar-refractivity contribution is 0.663. The zero-order valence-corrected chi connectivity index (χ0v) is 7.52. The van der Waals surface area contributed by atoms with Gasteiger partial charge in [-0.25, -0.2) is 0 Å². The van der Waals surface area contributed by atoms with E-state index in [1.165, 1.54) is 11.5 Å². The zero-order valence-electron chi connectivity index (χ0n) is 5.89. The van der Waals surface area contributed by atoms with Crippen LogP contribution in [0.3, 0.4) is 0 Å². The number of hydrogen-bond acceptors (Lipinski definition) is 3. The Morgan fingerprint density at radius 3 is 2.56 bits per heavy atom. The molecule has 0 spiro atoms. The fraction of sp³-hybridized carbons (Fsp3) is 1.00. The number of thioether (sulfide) groups is 2. The van der Waals surface area contributed by atoms with Crippen molar-refractivity contribution in [3.05, 3.63) is 0 Å². The second-order valence-corrected chi connectivity index (χ2v) is 5.57. The molecule has 1 fully saturated rings. The van der Waals surface area contributed by atoms with Crippen LogP contribution >= 0.6 is 23.5 Å². The molecule has 1 aliphatic rings. The van der Waals surface area contributed by atoms with Gasteiger partial charge in [0.15, 0.2) is 0 Å². The standard InChI is InChI=1S/C6H13NS2/c1-5-6(2,7)9-4-3-8-5/h5H,3-4,7H2,1-2H3/t5-,6-/m0/s1. The molecule has 3 heteroatoms. The molecule has 9 heavy (non-hydrogen) atoms. The van der Waals surface area contributed by atoms with Crippen molar-refractivity contribution >= 4 is 23.5 Å². The van der Waals surface area contributed by atoms with Crippen molar-refractivity contribution in [3.63, 3.8) is 0 Å². The van der Waals surface area contributed by atoms with Crippen LogP contribution < -0.4 is 5.73 Å². The summed E-state index contributed by atoms with van der Waals surface area (Å²) in [4.78, 5) is 0.0168. The monoisotopic (exact) mass is 163 g/mol. The van der Waals surface area contributed by atoms with Crippen molar-refractivity contribution in [3.8, 4) is 0 Å². The Morgan fingerprint density at radius 1 is 1.56 bits per heavy atom. The third kappa shape index (κ3) is 1.79. The molecular weight excluding hydrogens is 150 g/mol. The van der Waals surface area contributed by atoms with Gasteiger partial charge < -0.3 is 5.73 Å². The third-order valence-corrected chi connectivity index (χ3v) is 4.89. The maximum absolute atomic E-state index is 5.96. The summed E-state index contributed by atoms with van der Waals surface area (Å²) in [6.07, 6.45) is 0. The summed E-state index contributed by atoms with van der Waals surface area (Å²) >= 11 is 3.86. The molecule has 0 aromatic rings. The van der Waals surface area contributed by atoms with E-state index in [1.54, 1.807) is 0 Å². The normalized spacial score (nSPS) is 45.0. The van der Waals surface area contributed by atoms with Gasteiger partial charge in [-0.05, 0) is 6.92 Å². The third-order valence-electron chi connectivity index (χ3n) is 1.67. The second-order valence-electron chi connectivity index (χ2n) is 2.55. The van der Waals surface area contributed by atoms with Gasteiger partial charge in [-0.1, -0.05) is 6.92 Å². The van der Waals surface area contributed by atoms with Crippen LogP contribution in [0.4, 0.5) is 0 Å². The molecular formula is C6H13NS2. The van der Waals surface area contributed by atoms with Crippen LogP contribution in [0.5, 0.6) is 0 Å². The van der Waals surface area contributed by atoms with Gasteiger partial charge >= 0.3 is 0 Å². The molecule has 0 aromatic carbocycles. The minimum Gasteiger partial charge on any atom is -0.316 e. The molecule has 0 aliphatic carbocycles. The summed E-state index contributed by atoms with van der Waals surface area (Å²) in [6, 6.07) is 0. The lowest BCUT2D eigenvalue weighted by Crippen LogP contribution is -2.44. The molecule has 0 aromatic heterocycles. The van der Waals surface area contributed by atoms with E-state index in [0.717, 1.165) is 0 Å². The minimum atomic E-state index is 0.0168. The van der Waals surface area contributed by atoms with E-state index in [-0.39, 0.29) is 4.87 Å². The Hall–Kier alpha value is 0.660. The van der Waals surface area contributed by atoms with Crippen molar-refractivity contribution in [2.75, 3.05) is 11.5 Å². The largest absolute Gasteiger partial charge is 0.316 e. The van der Waals surface area contributed by atoms with Gasteiger partial charge in [0.1, 0.15) is 0 Å². The van der Waals surface area contributed by atoms with Crippen molar-refractivity contribution in [2.45, 2.75) is 24.0 Å². The first kappa shape index (κ1) is 7.76. The summed E-state index contributed by atoms with van der Waals surface area (Å²) < 4.78 is 0. The summed E-state index contributed by atoms with van der Waals surface area (Å²) in [5.41, 5.74) is 5.96. The molecule has 54 valence electrons. The summed E-state index contributed by atoms with van der Waals surface area (Å²) in [5.74, 6) is 2.47. The summed E-state index contributed by atoms with van der Waals surface area (Å²) in [6.45, 7) is 4.32. The van der Waals surface area contributed by atoms with Crippen LogP contribution in [0.1, 0.15) is 13.8 Å². The smallest absolute Gasteiger partial charge is 0.0709 e.